The third-order valence-electron chi connectivity index (χ3n) is 2.25. The van der Waals surface area contributed by atoms with Crippen molar-refractivity contribution in [2.75, 3.05) is 12.3 Å². The van der Waals surface area contributed by atoms with Gasteiger partial charge in [0.1, 0.15) is 5.60 Å². The molecule has 0 spiro atoms. The van der Waals surface area contributed by atoms with Gasteiger partial charge in [-0.2, -0.15) is 11.8 Å². The molecule has 0 aromatic heterocycles. The highest BCUT2D eigenvalue weighted by Gasteiger charge is 2.15. The molecule has 0 radical (unpaired) electrons. The van der Waals surface area contributed by atoms with Gasteiger partial charge in [0, 0.05) is 12.3 Å². The van der Waals surface area contributed by atoms with Gasteiger partial charge in [-0.15, -0.1) is 0 Å². The Hall–Kier alpha value is -1.16. The van der Waals surface area contributed by atoms with Crippen LogP contribution in [0.1, 0.15) is 32.8 Å². The Labute approximate surface area is 120 Å². The summed E-state index contributed by atoms with van der Waals surface area (Å²) in [5.74, 6) is 2.05. The molecule has 1 aromatic carbocycles. The van der Waals surface area contributed by atoms with Crippen molar-refractivity contribution in [3.63, 3.8) is 0 Å². The second-order valence-corrected chi connectivity index (χ2v) is 6.43. The maximum absolute atomic E-state index is 11.4. The first kappa shape index (κ1) is 15.9. The molecule has 19 heavy (non-hydrogen) atoms. The number of thioether (sulfide) groups is 1. The van der Waals surface area contributed by atoms with Gasteiger partial charge in [-0.25, -0.2) is 4.79 Å². The van der Waals surface area contributed by atoms with Crippen LogP contribution in [0.3, 0.4) is 0 Å². The largest absolute Gasteiger partial charge is 0.444 e. The van der Waals surface area contributed by atoms with Gasteiger partial charge >= 0.3 is 6.09 Å². The van der Waals surface area contributed by atoms with E-state index in [4.69, 9.17) is 4.74 Å². The zero-order valence-corrected chi connectivity index (χ0v) is 12.8. The Morgan fingerprint density at radius 1 is 1.26 bits per heavy atom. The molecule has 0 unspecified atom stereocenters. The first-order chi connectivity index (χ1) is 8.97. The zero-order valence-electron chi connectivity index (χ0n) is 11.9. The van der Waals surface area contributed by atoms with E-state index in [2.05, 4.69) is 29.6 Å². The summed E-state index contributed by atoms with van der Waals surface area (Å²) < 4.78 is 5.16. The summed E-state index contributed by atoms with van der Waals surface area (Å²) in [5, 5.41) is 2.76. The van der Waals surface area contributed by atoms with Crippen LogP contribution in [0.15, 0.2) is 30.3 Å². The molecular weight excluding hydrogens is 258 g/mol. The van der Waals surface area contributed by atoms with Crippen molar-refractivity contribution < 1.29 is 9.53 Å². The average molecular weight is 281 g/mol. The van der Waals surface area contributed by atoms with Gasteiger partial charge in [0.05, 0.1) is 0 Å². The lowest BCUT2D eigenvalue weighted by Gasteiger charge is -2.19. The van der Waals surface area contributed by atoms with E-state index in [9.17, 15) is 4.79 Å². The molecule has 0 saturated carbocycles. The van der Waals surface area contributed by atoms with Crippen LogP contribution in [0.4, 0.5) is 4.79 Å². The van der Waals surface area contributed by atoms with Crippen LogP contribution in [0, 0.1) is 0 Å². The molecule has 1 aromatic rings. The minimum Gasteiger partial charge on any atom is -0.444 e. The van der Waals surface area contributed by atoms with Gasteiger partial charge in [0.15, 0.2) is 0 Å². The summed E-state index contributed by atoms with van der Waals surface area (Å²) in [6.07, 6.45) is 0.622. The molecule has 0 saturated heterocycles. The van der Waals surface area contributed by atoms with Gasteiger partial charge in [0.2, 0.25) is 0 Å². The van der Waals surface area contributed by atoms with E-state index in [0.717, 1.165) is 17.9 Å². The third kappa shape index (κ3) is 8.54. The quantitative estimate of drug-likeness (QED) is 0.805. The number of benzene rings is 1. The fraction of sp³-hybridized carbons (Fsp3) is 0.533. The van der Waals surface area contributed by atoms with Crippen molar-refractivity contribution >= 4 is 17.9 Å². The number of hydrogen-bond donors (Lipinski definition) is 1. The molecule has 1 rings (SSSR count). The van der Waals surface area contributed by atoms with Crippen LogP contribution < -0.4 is 5.32 Å². The lowest BCUT2D eigenvalue weighted by atomic mass is 10.2. The highest BCUT2D eigenvalue weighted by Crippen LogP contribution is 2.12. The SMILES string of the molecule is CC(C)(C)OC(=O)NCCCSCc1ccccc1. The Kier molecular flexibility index (Phi) is 6.78. The van der Waals surface area contributed by atoms with E-state index in [1.165, 1.54) is 5.56 Å². The van der Waals surface area contributed by atoms with Crippen LogP contribution in [0.5, 0.6) is 0 Å². The number of amides is 1. The Balaban J connectivity index is 2.01. The van der Waals surface area contributed by atoms with Crippen LogP contribution in [0.25, 0.3) is 0 Å². The Morgan fingerprint density at radius 3 is 2.58 bits per heavy atom. The van der Waals surface area contributed by atoms with Gasteiger partial charge in [-0.1, -0.05) is 30.3 Å². The van der Waals surface area contributed by atoms with Gasteiger partial charge < -0.3 is 10.1 Å². The lowest BCUT2D eigenvalue weighted by molar-refractivity contribution is 0.0528. The monoisotopic (exact) mass is 281 g/mol. The van der Waals surface area contributed by atoms with Crippen LogP contribution in [-0.2, 0) is 10.5 Å². The highest BCUT2D eigenvalue weighted by molar-refractivity contribution is 7.98. The van der Waals surface area contributed by atoms with Crippen LogP contribution in [-0.4, -0.2) is 24.0 Å². The van der Waals surface area contributed by atoms with E-state index >= 15 is 0 Å². The fourth-order valence-corrected chi connectivity index (χ4v) is 2.36. The number of carbonyl (C=O) groups is 1. The van der Waals surface area contributed by atoms with E-state index in [1.54, 1.807) is 0 Å². The average Bonchev–Trinajstić information content (AvgIpc) is 2.32. The molecule has 1 amide bonds. The minimum absolute atomic E-state index is 0.333. The van der Waals surface area contributed by atoms with Crippen molar-refractivity contribution in [3.8, 4) is 0 Å². The van der Waals surface area contributed by atoms with Gasteiger partial charge in [0.25, 0.3) is 0 Å². The van der Waals surface area contributed by atoms with Crippen molar-refractivity contribution in [1.29, 1.82) is 0 Å². The van der Waals surface area contributed by atoms with Gasteiger partial charge in [-0.05, 0) is 38.5 Å². The summed E-state index contributed by atoms with van der Waals surface area (Å²) in [5.41, 5.74) is 0.916. The molecule has 3 nitrogen and oxygen atoms in total. The molecule has 0 bridgehead atoms. The van der Waals surface area contributed by atoms with E-state index in [1.807, 2.05) is 38.6 Å². The number of carbonyl (C=O) groups excluding carboxylic acids is 1. The minimum atomic E-state index is -0.424. The smallest absolute Gasteiger partial charge is 0.407 e. The van der Waals surface area contributed by atoms with E-state index in [0.29, 0.717) is 6.54 Å². The summed E-state index contributed by atoms with van der Waals surface area (Å²) >= 11 is 1.88. The zero-order chi connectivity index (χ0) is 14.1. The van der Waals surface area contributed by atoms with Gasteiger partial charge in [-0.3, -0.25) is 0 Å². The standard InChI is InChI=1S/C15H23NO2S/c1-15(2,3)18-14(17)16-10-7-11-19-12-13-8-5-4-6-9-13/h4-6,8-9H,7,10-12H2,1-3H3,(H,16,17). The highest BCUT2D eigenvalue weighted by atomic mass is 32.2. The third-order valence-corrected chi connectivity index (χ3v) is 3.36. The predicted octanol–water partition coefficient (Wildman–Crippen LogP) is 3.83. The summed E-state index contributed by atoms with van der Waals surface area (Å²) in [6, 6.07) is 10.4. The first-order valence-corrected chi connectivity index (χ1v) is 7.71. The van der Waals surface area contributed by atoms with Crippen molar-refractivity contribution in [3.05, 3.63) is 35.9 Å². The van der Waals surface area contributed by atoms with Crippen molar-refractivity contribution in [2.24, 2.45) is 0 Å². The molecule has 4 heteroatoms. The number of hydrogen-bond acceptors (Lipinski definition) is 3. The van der Waals surface area contributed by atoms with Crippen LogP contribution >= 0.6 is 11.8 Å². The second kappa shape index (κ2) is 8.10. The molecule has 106 valence electrons. The van der Waals surface area contributed by atoms with Crippen LogP contribution in [0.2, 0.25) is 0 Å². The molecular formula is C15H23NO2S. The van der Waals surface area contributed by atoms with E-state index in [-0.39, 0.29) is 6.09 Å². The molecule has 0 aliphatic rings. The topological polar surface area (TPSA) is 38.3 Å². The fourth-order valence-electron chi connectivity index (χ4n) is 1.44. The van der Waals surface area contributed by atoms with E-state index < -0.39 is 5.60 Å². The van der Waals surface area contributed by atoms with Crippen molar-refractivity contribution in [2.45, 2.75) is 38.5 Å². The van der Waals surface area contributed by atoms with Crippen molar-refractivity contribution in [1.82, 2.24) is 5.32 Å². The molecule has 0 atom stereocenters. The Bertz CT molecular complexity index is 373. The maximum Gasteiger partial charge on any atom is 0.407 e. The predicted molar refractivity (Wildman–Crippen MR) is 81.5 cm³/mol. The first-order valence-electron chi connectivity index (χ1n) is 6.56. The number of alkyl carbamates (subject to hydrolysis) is 1. The summed E-state index contributed by atoms with van der Waals surface area (Å²) in [6.45, 7) is 6.25. The number of nitrogens with one attached hydrogen (secondary N) is 1. The summed E-state index contributed by atoms with van der Waals surface area (Å²) in [7, 11) is 0. The molecule has 0 aliphatic carbocycles. The molecule has 1 N–H and O–H groups in total. The molecule has 0 heterocycles. The molecule has 0 aliphatic heterocycles. The second-order valence-electron chi connectivity index (χ2n) is 5.32. The maximum atomic E-state index is 11.4. The normalized spacial score (nSPS) is 11.1. The lowest BCUT2D eigenvalue weighted by Crippen LogP contribution is -2.33. The number of rotatable bonds is 6. The Morgan fingerprint density at radius 2 is 1.95 bits per heavy atom. The molecule has 0 fully saturated rings. The number of ether oxygens (including phenoxy) is 1. The summed E-state index contributed by atoms with van der Waals surface area (Å²) in [4.78, 5) is 11.4.